The molecule has 2 rings (SSSR count). The predicted molar refractivity (Wildman–Crippen MR) is 67.6 cm³/mol. The molecule has 0 saturated heterocycles. The molecule has 1 aromatic carbocycles. The number of nitrogens with zero attached hydrogens (tertiary/aromatic N) is 1. The maximum absolute atomic E-state index is 13.6. The fourth-order valence-corrected chi connectivity index (χ4v) is 1.81. The van der Waals surface area contributed by atoms with Crippen molar-refractivity contribution in [3.05, 3.63) is 58.9 Å². The number of anilines is 1. The average molecular weight is 269 g/mol. The lowest BCUT2D eigenvalue weighted by molar-refractivity contribution is 0.494. The third kappa shape index (κ3) is 2.59. The first-order valence-electron chi connectivity index (χ1n) is 5.39. The Kier molecular flexibility index (Phi) is 3.77. The molecular weight excluding hydrogens is 258 g/mol. The van der Waals surface area contributed by atoms with Gasteiger partial charge in [-0.05, 0) is 19.1 Å². The molecule has 1 N–H and O–H groups in total. The molecule has 0 aliphatic rings. The Hall–Kier alpha value is -1.68. The normalized spacial score (nSPS) is 12.2. The third-order valence-electron chi connectivity index (χ3n) is 2.59. The number of aromatic nitrogens is 1. The number of halogens is 3. The summed E-state index contributed by atoms with van der Waals surface area (Å²) in [4.78, 5) is 3.92. The van der Waals surface area contributed by atoms with Crippen LogP contribution in [0.3, 0.4) is 0 Å². The molecule has 2 nitrogen and oxygen atoms in total. The van der Waals surface area contributed by atoms with Gasteiger partial charge in [0.1, 0.15) is 0 Å². The van der Waals surface area contributed by atoms with Crippen LogP contribution in [0.15, 0.2) is 36.7 Å². The first-order valence-corrected chi connectivity index (χ1v) is 5.77. The molecule has 2 aromatic rings. The van der Waals surface area contributed by atoms with E-state index in [1.54, 1.807) is 19.2 Å². The van der Waals surface area contributed by atoms with Crippen molar-refractivity contribution >= 4 is 17.3 Å². The van der Waals surface area contributed by atoms with E-state index in [1.807, 2.05) is 0 Å². The van der Waals surface area contributed by atoms with Gasteiger partial charge in [-0.1, -0.05) is 23.7 Å². The fourth-order valence-electron chi connectivity index (χ4n) is 1.65. The van der Waals surface area contributed by atoms with Crippen molar-refractivity contribution in [2.75, 3.05) is 5.32 Å². The highest BCUT2D eigenvalue weighted by Crippen LogP contribution is 2.26. The predicted octanol–water partition coefficient (Wildman–Crippen LogP) is 4.19. The number of pyridine rings is 1. The SMILES string of the molecule is CC(Nc1cnccc1Cl)c1cccc(F)c1F. The van der Waals surface area contributed by atoms with Crippen molar-refractivity contribution in [2.24, 2.45) is 0 Å². The molecule has 0 spiro atoms. The van der Waals surface area contributed by atoms with Crippen LogP contribution in [0.4, 0.5) is 14.5 Å². The summed E-state index contributed by atoms with van der Waals surface area (Å²) in [6, 6.07) is 5.29. The van der Waals surface area contributed by atoms with Crippen LogP contribution < -0.4 is 5.32 Å². The van der Waals surface area contributed by atoms with Gasteiger partial charge in [0.05, 0.1) is 22.9 Å². The van der Waals surface area contributed by atoms with Crippen LogP contribution in [0.2, 0.25) is 5.02 Å². The molecular formula is C13H11ClF2N2. The molecule has 0 amide bonds. The molecule has 1 aromatic heterocycles. The molecule has 0 radical (unpaired) electrons. The van der Waals surface area contributed by atoms with Crippen LogP contribution >= 0.6 is 11.6 Å². The van der Waals surface area contributed by atoms with Gasteiger partial charge in [0.15, 0.2) is 11.6 Å². The lowest BCUT2D eigenvalue weighted by Crippen LogP contribution is -2.10. The molecule has 18 heavy (non-hydrogen) atoms. The largest absolute Gasteiger partial charge is 0.376 e. The summed E-state index contributed by atoms with van der Waals surface area (Å²) < 4.78 is 26.7. The maximum atomic E-state index is 13.6. The summed E-state index contributed by atoms with van der Waals surface area (Å²) in [7, 11) is 0. The maximum Gasteiger partial charge on any atom is 0.164 e. The van der Waals surface area contributed by atoms with E-state index in [2.05, 4.69) is 10.3 Å². The summed E-state index contributed by atoms with van der Waals surface area (Å²) in [5.74, 6) is -1.71. The minimum absolute atomic E-state index is 0.245. The second kappa shape index (κ2) is 5.31. The van der Waals surface area contributed by atoms with Crippen LogP contribution in [-0.4, -0.2) is 4.98 Å². The second-order valence-electron chi connectivity index (χ2n) is 3.86. The van der Waals surface area contributed by atoms with Gasteiger partial charge in [-0.15, -0.1) is 0 Å². The Morgan fingerprint density at radius 1 is 1.28 bits per heavy atom. The zero-order valence-electron chi connectivity index (χ0n) is 9.62. The zero-order chi connectivity index (χ0) is 13.1. The van der Waals surface area contributed by atoms with E-state index in [9.17, 15) is 8.78 Å². The Bertz CT molecular complexity index is 560. The number of benzene rings is 1. The van der Waals surface area contributed by atoms with Crippen LogP contribution in [0.5, 0.6) is 0 Å². The number of hydrogen-bond donors (Lipinski definition) is 1. The van der Waals surface area contributed by atoms with Gasteiger partial charge in [0, 0.05) is 11.8 Å². The highest BCUT2D eigenvalue weighted by molar-refractivity contribution is 6.33. The Morgan fingerprint density at radius 3 is 2.78 bits per heavy atom. The van der Waals surface area contributed by atoms with Gasteiger partial charge in [0.2, 0.25) is 0 Å². The molecule has 94 valence electrons. The van der Waals surface area contributed by atoms with Gasteiger partial charge < -0.3 is 5.32 Å². The van der Waals surface area contributed by atoms with Crippen LogP contribution in [0.25, 0.3) is 0 Å². The summed E-state index contributed by atoms with van der Waals surface area (Å²) in [6.07, 6.45) is 3.09. The molecule has 0 bridgehead atoms. The monoisotopic (exact) mass is 268 g/mol. The Labute approximate surface area is 109 Å². The minimum atomic E-state index is -0.863. The third-order valence-corrected chi connectivity index (χ3v) is 2.92. The second-order valence-corrected chi connectivity index (χ2v) is 4.27. The summed E-state index contributed by atoms with van der Waals surface area (Å²) in [5, 5.41) is 3.47. The van der Waals surface area contributed by atoms with Crippen molar-refractivity contribution < 1.29 is 8.78 Å². The van der Waals surface area contributed by atoms with E-state index in [1.165, 1.54) is 18.3 Å². The van der Waals surface area contributed by atoms with Crippen LogP contribution in [0.1, 0.15) is 18.5 Å². The van der Waals surface area contributed by atoms with Gasteiger partial charge in [-0.25, -0.2) is 8.78 Å². The highest BCUT2D eigenvalue weighted by Gasteiger charge is 2.14. The summed E-state index contributed by atoms with van der Waals surface area (Å²) >= 11 is 5.96. The molecule has 1 atom stereocenters. The first-order chi connectivity index (χ1) is 8.59. The van der Waals surface area contributed by atoms with Crippen LogP contribution in [-0.2, 0) is 0 Å². The number of rotatable bonds is 3. The van der Waals surface area contributed by atoms with Crippen molar-refractivity contribution in [3.8, 4) is 0 Å². The fraction of sp³-hybridized carbons (Fsp3) is 0.154. The average Bonchev–Trinajstić information content (AvgIpc) is 2.35. The van der Waals surface area contributed by atoms with Gasteiger partial charge >= 0.3 is 0 Å². The quantitative estimate of drug-likeness (QED) is 0.903. The summed E-state index contributed by atoms with van der Waals surface area (Å²) in [5.41, 5.74) is 0.824. The zero-order valence-corrected chi connectivity index (χ0v) is 10.4. The van der Waals surface area contributed by atoms with Gasteiger partial charge in [-0.2, -0.15) is 0 Å². The smallest absolute Gasteiger partial charge is 0.164 e. The molecule has 0 saturated carbocycles. The van der Waals surface area contributed by atoms with E-state index in [-0.39, 0.29) is 5.56 Å². The van der Waals surface area contributed by atoms with Gasteiger partial charge in [-0.3, -0.25) is 4.98 Å². The van der Waals surface area contributed by atoms with E-state index in [0.29, 0.717) is 10.7 Å². The standard InChI is InChI=1S/C13H11ClF2N2/c1-8(9-3-2-4-11(15)13(9)16)18-12-7-17-6-5-10(12)14/h2-8,18H,1H3. The van der Waals surface area contributed by atoms with E-state index in [4.69, 9.17) is 11.6 Å². The molecule has 1 heterocycles. The molecule has 1 unspecified atom stereocenters. The molecule has 0 fully saturated rings. The topological polar surface area (TPSA) is 24.9 Å². The number of nitrogens with one attached hydrogen (secondary N) is 1. The molecule has 0 aliphatic heterocycles. The van der Waals surface area contributed by atoms with Crippen molar-refractivity contribution in [1.82, 2.24) is 4.98 Å². The lowest BCUT2D eigenvalue weighted by atomic mass is 10.1. The summed E-state index contributed by atoms with van der Waals surface area (Å²) in [6.45, 7) is 1.72. The van der Waals surface area contributed by atoms with Crippen molar-refractivity contribution in [1.29, 1.82) is 0 Å². The van der Waals surface area contributed by atoms with Crippen molar-refractivity contribution in [2.45, 2.75) is 13.0 Å². The minimum Gasteiger partial charge on any atom is -0.376 e. The Morgan fingerprint density at radius 2 is 2.06 bits per heavy atom. The van der Waals surface area contributed by atoms with E-state index >= 15 is 0 Å². The number of hydrogen-bond acceptors (Lipinski definition) is 2. The first kappa shape index (κ1) is 12.8. The lowest BCUT2D eigenvalue weighted by Gasteiger charge is -2.17. The van der Waals surface area contributed by atoms with Crippen LogP contribution in [0, 0.1) is 11.6 Å². The molecule has 0 aliphatic carbocycles. The van der Waals surface area contributed by atoms with E-state index in [0.717, 1.165) is 6.07 Å². The Balaban J connectivity index is 2.25. The highest BCUT2D eigenvalue weighted by atomic mass is 35.5. The molecule has 5 heteroatoms. The van der Waals surface area contributed by atoms with Crippen molar-refractivity contribution in [3.63, 3.8) is 0 Å². The van der Waals surface area contributed by atoms with Gasteiger partial charge in [0.25, 0.3) is 0 Å². The van der Waals surface area contributed by atoms with E-state index < -0.39 is 17.7 Å².